The average molecular weight is 228 g/mol. The summed E-state index contributed by atoms with van der Waals surface area (Å²) in [6, 6.07) is -0.883. The molecule has 0 aliphatic carbocycles. The summed E-state index contributed by atoms with van der Waals surface area (Å²) >= 11 is 0. The topological polar surface area (TPSA) is 60.4 Å². The number of carboxylic acid groups (broad SMARTS) is 1. The first-order chi connectivity index (χ1) is 7.31. The van der Waals surface area contributed by atoms with Crippen LogP contribution in [0.4, 0.5) is 4.79 Å². The molecule has 2 unspecified atom stereocenters. The van der Waals surface area contributed by atoms with E-state index in [-0.39, 0.29) is 10.5 Å². The predicted octanol–water partition coefficient (Wildman–Crippen LogP) is -0.337. The van der Waals surface area contributed by atoms with Crippen molar-refractivity contribution >= 4 is 12.0 Å². The van der Waals surface area contributed by atoms with Gasteiger partial charge in [-0.2, -0.15) is 0 Å². The van der Waals surface area contributed by atoms with Gasteiger partial charge in [-0.1, -0.05) is 13.8 Å². The fourth-order valence-corrected chi connectivity index (χ4v) is 2.52. The minimum atomic E-state index is -1.15. The summed E-state index contributed by atoms with van der Waals surface area (Å²) in [5, 5.41) is 11.0. The Hall–Kier alpha value is -1.10. The molecule has 1 saturated heterocycles. The van der Waals surface area contributed by atoms with Gasteiger partial charge in [-0.15, -0.1) is 0 Å². The highest BCUT2D eigenvalue weighted by Gasteiger charge is 2.49. The van der Waals surface area contributed by atoms with Gasteiger partial charge in [0.15, 0.2) is 0 Å². The highest BCUT2D eigenvalue weighted by Crippen LogP contribution is 2.23. The zero-order chi connectivity index (χ0) is 12.5. The summed E-state index contributed by atoms with van der Waals surface area (Å²) < 4.78 is 0.171. The van der Waals surface area contributed by atoms with E-state index in [4.69, 9.17) is 0 Å². The molecule has 0 spiro atoms. The summed E-state index contributed by atoms with van der Waals surface area (Å²) in [5.74, 6) is -0.797. The van der Waals surface area contributed by atoms with Crippen molar-refractivity contribution in [2.45, 2.75) is 26.8 Å². The van der Waals surface area contributed by atoms with Crippen molar-refractivity contribution in [3.8, 4) is 0 Å². The second-order valence-corrected chi connectivity index (χ2v) is 5.06. The van der Waals surface area contributed by atoms with Crippen molar-refractivity contribution in [3.05, 3.63) is 0 Å². The summed E-state index contributed by atoms with van der Waals surface area (Å²) in [6.45, 7) is 7.24. The number of nitrogens with zero attached hydrogens (tertiary/aromatic N) is 2. The standard InChI is InChI=1S/C11H20N2O3/c1-5-12-9(10(14)15)7-13(4,11(12)16)6-8(2)3/h8-9H,5-7H2,1-4H3. The van der Waals surface area contributed by atoms with Gasteiger partial charge in [0.2, 0.25) is 0 Å². The fourth-order valence-electron chi connectivity index (χ4n) is 2.52. The quantitative estimate of drug-likeness (QED) is 0.619. The van der Waals surface area contributed by atoms with Crippen molar-refractivity contribution in [1.29, 1.82) is 0 Å². The lowest BCUT2D eigenvalue weighted by Gasteiger charge is -2.27. The molecule has 16 heavy (non-hydrogen) atoms. The molecular formula is C11H20N2O3. The Kier molecular flexibility index (Phi) is 3.57. The molecule has 0 bridgehead atoms. The molecule has 5 heteroatoms. The van der Waals surface area contributed by atoms with Crippen molar-refractivity contribution < 1.29 is 19.2 Å². The first-order valence-electron chi connectivity index (χ1n) is 5.68. The third-order valence-electron chi connectivity index (χ3n) is 3.04. The van der Waals surface area contributed by atoms with Crippen LogP contribution in [0.5, 0.6) is 0 Å². The predicted molar refractivity (Wildman–Crippen MR) is 57.3 cm³/mol. The summed E-state index contributed by atoms with van der Waals surface area (Å²) in [6.07, 6.45) is 0. The molecule has 2 atom stereocenters. The normalized spacial score (nSPS) is 30.2. The summed E-state index contributed by atoms with van der Waals surface area (Å²) in [4.78, 5) is 24.5. The van der Waals surface area contributed by atoms with E-state index in [1.807, 2.05) is 13.8 Å². The van der Waals surface area contributed by atoms with E-state index in [1.165, 1.54) is 4.90 Å². The van der Waals surface area contributed by atoms with Crippen LogP contribution in [-0.4, -0.2) is 54.1 Å². The number of likely N-dealkylation sites (N-methyl/N-ethyl adjacent to an activating group) is 2. The number of hydrogen-bond donors (Lipinski definition) is 0. The number of aliphatic carboxylic acids is 1. The van der Waals surface area contributed by atoms with Crippen LogP contribution in [0.3, 0.4) is 0 Å². The van der Waals surface area contributed by atoms with Gasteiger partial charge < -0.3 is 9.90 Å². The Morgan fingerprint density at radius 2 is 2.19 bits per heavy atom. The number of urea groups is 1. The van der Waals surface area contributed by atoms with E-state index in [9.17, 15) is 14.7 Å². The largest absolute Gasteiger partial charge is 0.548 e. The van der Waals surface area contributed by atoms with Gasteiger partial charge in [0.1, 0.15) is 12.6 Å². The molecule has 0 aromatic heterocycles. The lowest BCUT2D eigenvalue weighted by atomic mass is 10.2. The van der Waals surface area contributed by atoms with E-state index in [2.05, 4.69) is 0 Å². The van der Waals surface area contributed by atoms with E-state index >= 15 is 0 Å². The lowest BCUT2D eigenvalue weighted by Crippen LogP contribution is -2.49. The fraction of sp³-hybridized carbons (Fsp3) is 0.818. The molecule has 0 radical (unpaired) electrons. The van der Waals surface area contributed by atoms with E-state index in [0.29, 0.717) is 25.6 Å². The molecule has 1 heterocycles. The third kappa shape index (κ3) is 2.19. The molecule has 1 aliphatic rings. The summed E-state index contributed by atoms with van der Waals surface area (Å²) in [7, 11) is 1.80. The monoisotopic (exact) mass is 228 g/mol. The molecule has 1 aliphatic heterocycles. The number of carbonyl (C=O) groups is 2. The highest BCUT2D eigenvalue weighted by molar-refractivity contribution is 5.81. The maximum atomic E-state index is 12.1. The van der Waals surface area contributed by atoms with E-state index in [0.717, 1.165) is 0 Å². The molecule has 0 aromatic carbocycles. The van der Waals surface area contributed by atoms with Gasteiger partial charge in [0, 0.05) is 12.5 Å². The second kappa shape index (κ2) is 4.41. The zero-order valence-corrected chi connectivity index (χ0v) is 10.4. The second-order valence-electron chi connectivity index (χ2n) is 5.06. The molecule has 1 fully saturated rings. The number of rotatable bonds is 4. The van der Waals surface area contributed by atoms with Crippen LogP contribution in [0, 0.1) is 5.92 Å². The van der Waals surface area contributed by atoms with Crippen LogP contribution in [0.2, 0.25) is 0 Å². The minimum Gasteiger partial charge on any atom is -0.548 e. The van der Waals surface area contributed by atoms with Gasteiger partial charge in [-0.25, -0.2) is 9.28 Å². The molecule has 0 aromatic rings. The maximum absolute atomic E-state index is 12.1. The van der Waals surface area contributed by atoms with Crippen LogP contribution in [-0.2, 0) is 4.79 Å². The van der Waals surface area contributed by atoms with Gasteiger partial charge in [0.25, 0.3) is 0 Å². The van der Waals surface area contributed by atoms with E-state index in [1.54, 1.807) is 14.0 Å². The average Bonchev–Trinajstić information content (AvgIpc) is 2.38. The Morgan fingerprint density at radius 3 is 2.50 bits per heavy atom. The Labute approximate surface area is 96.2 Å². The smallest absolute Gasteiger partial charge is 0.419 e. The number of quaternary nitrogens is 1. The van der Waals surface area contributed by atoms with E-state index < -0.39 is 12.0 Å². The molecule has 0 N–H and O–H groups in total. The summed E-state index contributed by atoms with van der Waals surface area (Å²) in [5.41, 5.74) is 0. The van der Waals surface area contributed by atoms with Crippen LogP contribution in [0.1, 0.15) is 20.8 Å². The van der Waals surface area contributed by atoms with Gasteiger partial charge in [-0.3, -0.25) is 4.90 Å². The molecule has 1 rings (SSSR count). The van der Waals surface area contributed by atoms with Gasteiger partial charge in [-0.05, 0) is 6.92 Å². The molecular weight excluding hydrogens is 208 g/mol. The van der Waals surface area contributed by atoms with Crippen LogP contribution < -0.4 is 5.11 Å². The van der Waals surface area contributed by atoms with Gasteiger partial charge in [0.05, 0.1) is 19.6 Å². The molecule has 5 nitrogen and oxygen atoms in total. The van der Waals surface area contributed by atoms with Crippen LogP contribution in [0.15, 0.2) is 0 Å². The van der Waals surface area contributed by atoms with Crippen molar-refractivity contribution in [2.24, 2.45) is 5.92 Å². The molecule has 92 valence electrons. The third-order valence-corrected chi connectivity index (χ3v) is 3.04. The highest BCUT2D eigenvalue weighted by atomic mass is 16.4. The Bertz CT molecular complexity index is 304. The number of hydrogen-bond acceptors (Lipinski definition) is 3. The lowest BCUT2D eigenvalue weighted by molar-refractivity contribution is -0.825. The SMILES string of the molecule is CCN1C(=O)[N+](C)(CC(C)C)CC1C(=O)[O-]. The number of carbonyl (C=O) groups excluding carboxylic acids is 2. The Balaban J connectivity index is 2.92. The van der Waals surface area contributed by atoms with Crippen molar-refractivity contribution in [2.75, 3.05) is 26.7 Å². The molecule has 0 saturated carbocycles. The molecule has 2 amide bonds. The number of amides is 2. The number of carboxylic acids is 1. The zero-order valence-electron chi connectivity index (χ0n) is 10.4. The Morgan fingerprint density at radius 1 is 1.62 bits per heavy atom. The minimum absolute atomic E-state index is 0.106. The van der Waals surface area contributed by atoms with Crippen molar-refractivity contribution in [1.82, 2.24) is 4.90 Å². The maximum Gasteiger partial charge on any atom is 0.419 e. The first kappa shape index (κ1) is 13.0. The van der Waals surface area contributed by atoms with Crippen LogP contribution in [0.25, 0.3) is 0 Å². The van der Waals surface area contributed by atoms with Crippen LogP contribution >= 0.6 is 0 Å². The first-order valence-corrected chi connectivity index (χ1v) is 5.68. The van der Waals surface area contributed by atoms with Crippen molar-refractivity contribution in [3.63, 3.8) is 0 Å². The van der Waals surface area contributed by atoms with Gasteiger partial charge >= 0.3 is 6.03 Å².